The Bertz CT molecular complexity index is 1420. The summed E-state index contributed by atoms with van der Waals surface area (Å²) in [6, 6.07) is 10.1. The fourth-order valence-electron chi connectivity index (χ4n) is 3.81. The Morgan fingerprint density at radius 2 is 1.62 bits per heavy atom. The number of hydrogen-bond donors (Lipinski definition) is 0. The van der Waals surface area contributed by atoms with Crippen LogP contribution in [-0.4, -0.2) is 15.0 Å². The summed E-state index contributed by atoms with van der Waals surface area (Å²) in [5.74, 6) is -7.41. The predicted octanol–water partition coefficient (Wildman–Crippen LogP) is 4.08. The maximum Gasteiger partial charge on any atom is 0.268 e. The summed E-state index contributed by atoms with van der Waals surface area (Å²) >= 11 is 0. The van der Waals surface area contributed by atoms with Crippen molar-refractivity contribution in [3.63, 3.8) is 0 Å². The van der Waals surface area contributed by atoms with Crippen LogP contribution in [0.25, 0.3) is 22.3 Å². The number of pyridine rings is 1. The minimum atomic E-state index is -1.92. The molecule has 0 saturated heterocycles. The lowest BCUT2D eigenvalue weighted by Gasteiger charge is -2.17. The average molecular weight is 398 g/mol. The summed E-state index contributed by atoms with van der Waals surface area (Å²) in [5, 5.41) is 0.203. The van der Waals surface area contributed by atoms with E-state index in [2.05, 4.69) is 0 Å². The van der Waals surface area contributed by atoms with Gasteiger partial charge in [0.1, 0.15) is 5.56 Å². The highest BCUT2D eigenvalue weighted by Gasteiger charge is 2.33. The fourth-order valence-corrected chi connectivity index (χ4v) is 3.81. The largest absolute Gasteiger partial charge is 0.334 e. The highest BCUT2D eigenvalue weighted by molar-refractivity contribution is 6.10. The lowest BCUT2D eigenvalue weighted by Crippen LogP contribution is -2.20. The van der Waals surface area contributed by atoms with Gasteiger partial charge in [-0.1, -0.05) is 12.1 Å². The molecule has 0 fully saturated rings. The summed E-state index contributed by atoms with van der Waals surface area (Å²) in [4.78, 5) is 25.7. The van der Waals surface area contributed by atoms with Gasteiger partial charge in [0.2, 0.25) is 5.43 Å². The summed E-state index contributed by atoms with van der Waals surface area (Å²) in [7, 11) is 0. The molecular formula is C21H10F4N2O2. The van der Waals surface area contributed by atoms with Crippen molar-refractivity contribution in [3.05, 3.63) is 93.3 Å². The molecule has 0 spiro atoms. The highest BCUT2D eigenvalue weighted by Crippen LogP contribution is 2.34. The first-order chi connectivity index (χ1) is 13.9. The molecule has 0 aliphatic carbocycles. The molecule has 2 aromatic carbocycles. The van der Waals surface area contributed by atoms with Gasteiger partial charge >= 0.3 is 0 Å². The van der Waals surface area contributed by atoms with E-state index in [1.807, 2.05) is 0 Å². The maximum atomic E-state index is 14.3. The molecule has 1 aliphatic rings. The van der Waals surface area contributed by atoms with E-state index in [1.165, 1.54) is 21.4 Å². The van der Waals surface area contributed by atoms with Crippen LogP contribution in [0, 0.1) is 23.3 Å². The summed E-state index contributed by atoms with van der Waals surface area (Å²) in [6.07, 6.45) is 1.49. The number of benzene rings is 2. The molecular weight excluding hydrogens is 388 g/mol. The number of para-hydroxylation sites is 1. The van der Waals surface area contributed by atoms with Crippen molar-refractivity contribution in [3.8, 4) is 11.4 Å². The molecule has 0 bridgehead atoms. The second kappa shape index (κ2) is 5.91. The number of nitrogens with zero attached hydrogens (tertiary/aromatic N) is 2. The van der Waals surface area contributed by atoms with Crippen LogP contribution in [0.4, 0.5) is 17.6 Å². The zero-order valence-electron chi connectivity index (χ0n) is 14.5. The van der Waals surface area contributed by atoms with Gasteiger partial charge in [-0.15, -0.1) is 0 Å². The van der Waals surface area contributed by atoms with Gasteiger partial charge in [-0.3, -0.25) is 14.2 Å². The number of carbonyl (C=O) groups is 1. The standard InChI is InChI=1S/C21H10F4N2O2/c22-12-8-10(16(23)18(25)17(12)24)9-27-13-5-2-1-4-11(13)20(28)15-19(27)14-6-3-7-26(14)21(15)29/h1-8H,9H2. The minimum Gasteiger partial charge on any atom is -0.334 e. The van der Waals surface area contributed by atoms with Gasteiger partial charge in [-0.2, -0.15) is 0 Å². The molecule has 144 valence electrons. The molecule has 0 unspecified atom stereocenters. The van der Waals surface area contributed by atoms with Crippen LogP contribution < -0.4 is 5.43 Å². The SMILES string of the molecule is O=C1c2c(n(Cc3cc(F)c(F)c(F)c3F)c3ccccc3c2=O)-c2cccn21. The van der Waals surface area contributed by atoms with Crippen molar-refractivity contribution in [2.24, 2.45) is 0 Å². The van der Waals surface area contributed by atoms with E-state index in [4.69, 9.17) is 0 Å². The van der Waals surface area contributed by atoms with E-state index in [0.29, 0.717) is 17.3 Å². The summed E-state index contributed by atoms with van der Waals surface area (Å²) < 4.78 is 57.9. The maximum absolute atomic E-state index is 14.3. The van der Waals surface area contributed by atoms with Crippen molar-refractivity contribution >= 4 is 16.8 Å². The van der Waals surface area contributed by atoms with Gasteiger partial charge in [0.15, 0.2) is 23.3 Å². The second-order valence-electron chi connectivity index (χ2n) is 6.68. The number of carbonyl (C=O) groups excluding carboxylic acids is 1. The minimum absolute atomic E-state index is 0.109. The third-order valence-electron chi connectivity index (χ3n) is 5.10. The van der Waals surface area contributed by atoms with Crippen molar-refractivity contribution in [2.45, 2.75) is 6.54 Å². The van der Waals surface area contributed by atoms with Crippen LogP contribution in [0.2, 0.25) is 0 Å². The van der Waals surface area contributed by atoms with Crippen molar-refractivity contribution < 1.29 is 22.4 Å². The summed E-state index contributed by atoms with van der Waals surface area (Å²) in [6.45, 7) is -0.415. The van der Waals surface area contributed by atoms with Crippen LogP contribution >= 0.6 is 0 Å². The second-order valence-corrected chi connectivity index (χ2v) is 6.68. The molecule has 5 rings (SSSR count). The molecule has 8 heteroatoms. The van der Waals surface area contributed by atoms with Crippen LogP contribution in [0.1, 0.15) is 15.9 Å². The number of rotatable bonds is 2. The normalized spacial score (nSPS) is 12.5. The van der Waals surface area contributed by atoms with E-state index in [9.17, 15) is 27.2 Å². The third-order valence-corrected chi connectivity index (χ3v) is 5.10. The van der Waals surface area contributed by atoms with Gasteiger partial charge in [0.25, 0.3) is 5.91 Å². The van der Waals surface area contributed by atoms with Gasteiger partial charge in [0, 0.05) is 17.1 Å². The average Bonchev–Trinajstić information content (AvgIpc) is 3.30. The molecule has 1 aliphatic heterocycles. The van der Waals surface area contributed by atoms with Gasteiger partial charge in [0.05, 0.1) is 23.4 Å². The van der Waals surface area contributed by atoms with Gasteiger partial charge < -0.3 is 4.57 Å². The van der Waals surface area contributed by atoms with E-state index < -0.39 is 46.7 Å². The Hall–Kier alpha value is -3.68. The Balaban J connectivity index is 1.87. The molecule has 3 heterocycles. The number of fused-ring (bicyclic) bond motifs is 4. The van der Waals surface area contributed by atoms with Gasteiger partial charge in [-0.25, -0.2) is 17.6 Å². The first-order valence-corrected chi connectivity index (χ1v) is 8.60. The van der Waals surface area contributed by atoms with E-state index in [-0.39, 0.29) is 16.6 Å². The number of halogens is 4. The molecule has 0 amide bonds. The van der Waals surface area contributed by atoms with Crippen LogP contribution in [0.15, 0.2) is 53.5 Å². The van der Waals surface area contributed by atoms with E-state index in [1.54, 1.807) is 30.3 Å². The highest BCUT2D eigenvalue weighted by atomic mass is 19.2. The lowest BCUT2D eigenvalue weighted by atomic mass is 10.1. The third kappa shape index (κ3) is 2.25. The molecule has 0 saturated carbocycles. The Morgan fingerprint density at radius 3 is 2.41 bits per heavy atom. The summed E-state index contributed by atoms with van der Waals surface area (Å²) in [5.41, 5.74) is -0.0806. The lowest BCUT2D eigenvalue weighted by molar-refractivity contribution is 0.0968. The molecule has 4 aromatic rings. The zero-order chi connectivity index (χ0) is 20.4. The Morgan fingerprint density at radius 1 is 0.862 bits per heavy atom. The van der Waals surface area contributed by atoms with E-state index in [0.717, 1.165) is 0 Å². The van der Waals surface area contributed by atoms with Crippen molar-refractivity contribution in [1.29, 1.82) is 0 Å². The molecule has 4 nitrogen and oxygen atoms in total. The molecule has 0 N–H and O–H groups in total. The first-order valence-electron chi connectivity index (χ1n) is 8.60. The fraction of sp³-hybridized carbons (Fsp3) is 0.0476. The van der Waals surface area contributed by atoms with Crippen molar-refractivity contribution in [2.75, 3.05) is 0 Å². The van der Waals surface area contributed by atoms with Crippen LogP contribution in [0.3, 0.4) is 0 Å². The van der Waals surface area contributed by atoms with Crippen molar-refractivity contribution in [1.82, 2.24) is 9.13 Å². The number of hydrogen-bond acceptors (Lipinski definition) is 2. The molecule has 0 atom stereocenters. The van der Waals surface area contributed by atoms with Crippen LogP contribution in [-0.2, 0) is 6.54 Å². The number of aromatic nitrogens is 2. The van der Waals surface area contributed by atoms with Crippen LogP contribution in [0.5, 0.6) is 0 Å². The monoisotopic (exact) mass is 398 g/mol. The first kappa shape index (κ1) is 17.4. The molecule has 0 radical (unpaired) electrons. The quantitative estimate of drug-likeness (QED) is 0.256. The smallest absolute Gasteiger partial charge is 0.268 e. The molecule has 2 aromatic heterocycles. The Labute approximate surface area is 160 Å². The predicted molar refractivity (Wildman–Crippen MR) is 96.7 cm³/mol. The van der Waals surface area contributed by atoms with E-state index >= 15 is 0 Å². The molecule has 29 heavy (non-hydrogen) atoms. The topological polar surface area (TPSA) is 44.0 Å². The Kier molecular flexibility index (Phi) is 3.55. The zero-order valence-corrected chi connectivity index (χ0v) is 14.5. The van der Waals surface area contributed by atoms with Gasteiger partial charge in [-0.05, 0) is 30.3 Å².